The molecule has 0 fully saturated rings. The maximum absolute atomic E-state index is 11.7. The summed E-state index contributed by atoms with van der Waals surface area (Å²) in [7, 11) is 0. The molecule has 0 atom stereocenters. The number of hydrogen-bond donors (Lipinski definition) is 4. The fourth-order valence-corrected chi connectivity index (χ4v) is 5.50. The van der Waals surface area contributed by atoms with E-state index in [2.05, 4.69) is 43.0 Å². The highest BCUT2D eigenvalue weighted by Crippen LogP contribution is 2.39. The van der Waals surface area contributed by atoms with E-state index in [1.165, 1.54) is 12.1 Å². The smallest absolute Gasteiger partial charge is 0.339 e. The van der Waals surface area contributed by atoms with Crippen molar-refractivity contribution in [2.24, 2.45) is 20.5 Å². The molecule has 0 amide bonds. The van der Waals surface area contributed by atoms with Crippen molar-refractivity contribution in [3.05, 3.63) is 118 Å². The van der Waals surface area contributed by atoms with E-state index in [0.717, 1.165) is 14.7 Å². The van der Waals surface area contributed by atoms with Gasteiger partial charge in [-0.15, -0.1) is 15.3 Å². The van der Waals surface area contributed by atoms with Crippen molar-refractivity contribution in [2.45, 2.75) is 0 Å². The fraction of sp³-hybridized carbons (Fsp3) is 0. The van der Waals surface area contributed by atoms with Crippen LogP contribution in [0.3, 0.4) is 0 Å². The van der Waals surface area contributed by atoms with E-state index in [4.69, 9.17) is 0 Å². The standard InChI is InChI=1S/C34H21IN4O6/c35-27-15-19(11-14-28(27)37-39-30-17-26(34(44)45)32(41)24-8-4-2-6-22(24)30)18-9-12-20(13-10-18)36-38-29-16-25(33(42)43)31(40)23-7-3-1-5-21(23)29/h1-17,40-41H,(H,42,43)(H,44,45)/b38-36+,39-37+. The van der Waals surface area contributed by atoms with Gasteiger partial charge in [0.25, 0.3) is 0 Å². The molecule has 6 rings (SSSR count). The second kappa shape index (κ2) is 12.1. The molecule has 0 aliphatic rings. The molecule has 220 valence electrons. The highest BCUT2D eigenvalue weighted by molar-refractivity contribution is 14.1. The van der Waals surface area contributed by atoms with Gasteiger partial charge in [-0.3, -0.25) is 0 Å². The summed E-state index contributed by atoms with van der Waals surface area (Å²) in [6, 6.07) is 29.3. The number of rotatable bonds is 7. The minimum atomic E-state index is -1.26. The van der Waals surface area contributed by atoms with Gasteiger partial charge in [0, 0.05) is 25.1 Å². The van der Waals surface area contributed by atoms with Gasteiger partial charge in [0.05, 0.1) is 22.7 Å². The van der Waals surface area contributed by atoms with E-state index >= 15 is 0 Å². The maximum Gasteiger partial charge on any atom is 0.339 e. The minimum absolute atomic E-state index is 0.253. The van der Waals surface area contributed by atoms with E-state index in [1.54, 1.807) is 60.7 Å². The van der Waals surface area contributed by atoms with Gasteiger partial charge in [0.2, 0.25) is 0 Å². The van der Waals surface area contributed by atoms with E-state index in [1.807, 2.05) is 30.3 Å². The lowest BCUT2D eigenvalue weighted by molar-refractivity contribution is 0.0682. The van der Waals surface area contributed by atoms with Crippen LogP contribution in [0.2, 0.25) is 0 Å². The lowest BCUT2D eigenvalue weighted by Crippen LogP contribution is -1.97. The first-order chi connectivity index (χ1) is 21.7. The SMILES string of the molecule is O=C(O)c1cc(/N=N/c2ccc(-c3ccc(/N=N/c4cc(C(=O)O)c(O)c5ccccc45)c(I)c3)cc2)c2ccccc2c1O. The minimum Gasteiger partial charge on any atom is -0.506 e. The monoisotopic (exact) mass is 708 g/mol. The molecule has 11 heteroatoms. The molecule has 0 saturated heterocycles. The first kappa shape index (κ1) is 29.4. The van der Waals surface area contributed by atoms with E-state index in [0.29, 0.717) is 44.3 Å². The lowest BCUT2D eigenvalue weighted by Gasteiger charge is -2.08. The molecule has 6 aromatic carbocycles. The largest absolute Gasteiger partial charge is 0.506 e. The van der Waals surface area contributed by atoms with Gasteiger partial charge in [-0.25, -0.2) is 9.59 Å². The van der Waals surface area contributed by atoms with Crippen LogP contribution < -0.4 is 0 Å². The molecule has 0 radical (unpaired) electrons. The summed E-state index contributed by atoms with van der Waals surface area (Å²) in [5.41, 5.74) is 3.10. The summed E-state index contributed by atoms with van der Waals surface area (Å²) in [6.07, 6.45) is 0. The van der Waals surface area contributed by atoms with Crippen molar-refractivity contribution >= 4 is 78.8 Å². The highest BCUT2D eigenvalue weighted by Gasteiger charge is 2.17. The average Bonchev–Trinajstić information content (AvgIpc) is 3.05. The van der Waals surface area contributed by atoms with E-state index in [9.17, 15) is 30.0 Å². The van der Waals surface area contributed by atoms with Gasteiger partial charge in [-0.05, 0) is 70.1 Å². The van der Waals surface area contributed by atoms with Crippen molar-refractivity contribution in [1.82, 2.24) is 0 Å². The Hall–Kier alpha value is -5.69. The van der Waals surface area contributed by atoms with Crippen LogP contribution in [0.4, 0.5) is 22.7 Å². The molecular weight excluding hydrogens is 687 g/mol. The molecule has 0 saturated carbocycles. The predicted octanol–water partition coefficient (Wildman–Crippen LogP) is 9.90. The Bertz CT molecular complexity index is 2210. The van der Waals surface area contributed by atoms with Crippen molar-refractivity contribution in [2.75, 3.05) is 0 Å². The van der Waals surface area contributed by atoms with E-state index in [-0.39, 0.29) is 22.6 Å². The van der Waals surface area contributed by atoms with Crippen molar-refractivity contribution in [3.8, 4) is 22.6 Å². The summed E-state index contributed by atoms with van der Waals surface area (Å²) in [5.74, 6) is -3.15. The third kappa shape index (κ3) is 5.80. The normalized spacial score (nSPS) is 11.6. The molecule has 0 spiro atoms. The van der Waals surface area contributed by atoms with Crippen molar-refractivity contribution < 1.29 is 30.0 Å². The zero-order chi connectivity index (χ0) is 31.7. The van der Waals surface area contributed by atoms with Crippen LogP contribution in [0.25, 0.3) is 32.7 Å². The number of halogens is 1. The first-order valence-electron chi connectivity index (χ1n) is 13.4. The lowest BCUT2D eigenvalue weighted by atomic mass is 10.0. The number of fused-ring (bicyclic) bond motifs is 2. The third-order valence-electron chi connectivity index (χ3n) is 7.14. The van der Waals surface area contributed by atoms with Crippen LogP contribution >= 0.6 is 22.6 Å². The molecule has 0 aliphatic heterocycles. The summed E-state index contributed by atoms with van der Waals surface area (Å²) in [6.45, 7) is 0. The number of nitrogens with zero attached hydrogens (tertiary/aromatic N) is 4. The zero-order valence-corrected chi connectivity index (χ0v) is 25.2. The molecule has 4 N–H and O–H groups in total. The topological polar surface area (TPSA) is 164 Å². The number of phenols is 2. The van der Waals surface area contributed by atoms with Gasteiger partial charge in [0.15, 0.2) is 0 Å². The Labute approximate surface area is 268 Å². The molecule has 0 bridgehead atoms. The summed E-state index contributed by atoms with van der Waals surface area (Å²) < 4.78 is 0.813. The van der Waals surface area contributed by atoms with Crippen molar-refractivity contribution in [3.63, 3.8) is 0 Å². The van der Waals surface area contributed by atoms with Crippen LogP contribution in [0.15, 0.2) is 124 Å². The number of aromatic carboxylic acids is 2. The number of carbonyl (C=O) groups is 2. The van der Waals surface area contributed by atoms with Crippen molar-refractivity contribution in [1.29, 1.82) is 0 Å². The first-order valence-corrected chi connectivity index (χ1v) is 14.5. The number of hydrogen-bond acceptors (Lipinski definition) is 8. The number of azo groups is 2. The molecule has 10 nitrogen and oxygen atoms in total. The Balaban J connectivity index is 1.25. The Kier molecular flexibility index (Phi) is 7.92. The average molecular weight is 708 g/mol. The quantitative estimate of drug-likeness (QED) is 0.0952. The summed E-state index contributed by atoms with van der Waals surface area (Å²) in [5, 5.41) is 58.9. The van der Waals surface area contributed by atoms with Crippen LogP contribution in [0.1, 0.15) is 20.7 Å². The Morgan fingerprint density at radius 2 is 0.956 bits per heavy atom. The van der Waals surface area contributed by atoms with Crippen LogP contribution in [-0.2, 0) is 0 Å². The van der Waals surface area contributed by atoms with Crippen LogP contribution in [0.5, 0.6) is 11.5 Å². The fourth-order valence-electron chi connectivity index (χ4n) is 4.88. The van der Waals surface area contributed by atoms with Gasteiger partial charge in [-0.1, -0.05) is 66.7 Å². The molecule has 0 heterocycles. The summed E-state index contributed by atoms with van der Waals surface area (Å²) in [4.78, 5) is 23.3. The maximum atomic E-state index is 11.7. The van der Waals surface area contributed by atoms with Gasteiger partial charge in [-0.2, -0.15) is 5.11 Å². The van der Waals surface area contributed by atoms with Crippen LogP contribution in [0, 0.1) is 3.57 Å². The third-order valence-corrected chi connectivity index (χ3v) is 8.00. The molecule has 0 unspecified atom stereocenters. The highest BCUT2D eigenvalue weighted by atomic mass is 127. The second-order valence-corrected chi connectivity index (χ2v) is 11.1. The number of benzene rings is 6. The number of carboxylic acid groups (broad SMARTS) is 2. The summed E-state index contributed by atoms with van der Waals surface area (Å²) >= 11 is 2.16. The molecule has 6 aromatic rings. The van der Waals surface area contributed by atoms with E-state index < -0.39 is 11.9 Å². The Morgan fingerprint density at radius 3 is 1.44 bits per heavy atom. The Morgan fingerprint density at radius 1 is 0.511 bits per heavy atom. The molecular formula is C34H21IN4O6. The molecule has 0 aliphatic carbocycles. The predicted molar refractivity (Wildman–Crippen MR) is 178 cm³/mol. The molecule has 0 aromatic heterocycles. The number of aromatic hydroxyl groups is 2. The zero-order valence-electron chi connectivity index (χ0n) is 23.1. The van der Waals surface area contributed by atoms with Gasteiger partial charge >= 0.3 is 11.9 Å². The second-order valence-electron chi connectivity index (χ2n) is 9.90. The molecule has 45 heavy (non-hydrogen) atoms. The van der Waals surface area contributed by atoms with Gasteiger partial charge in [0.1, 0.15) is 22.6 Å². The van der Waals surface area contributed by atoms with Gasteiger partial charge < -0.3 is 20.4 Å². The van der Waals surface area contributed by atoms with Crippen LogP contribution in [-0.4, -0.2) is 32.4 Å². The number of carboxylic acids is 2.